The Kier molecular flexibility index (Phi) is 5.41. The topological polar surface area (TPSA) is 69.0 Å². The lowest BCUT2D eigenvalue weighted by atomic mass is 9.99. The van der Waals surface area contributed by atoms with Crippen molar-refractivity contribution in [2.24, 2.45) is 0 Å². The smallest absolute Gasteiger partial charge is 0.414 e. The van der Waals surface area contributed by atoms with Crippen LogP contribution in [0.25, 0.3) is 0 Å². The number of piperidine rings is 1. The lowest BCUT2D eigenvalue weighted by molar-refractivity contribution is -0.105. The van der Waals surface area contributed by atoms with Crippen LogP contribution in [-0.2, 0) is 9.57 Å². The van der Waals surface area contributed by atoms with Crippen molar-refractivity contribution in [3.8, 4) is 6.07 Å². The number of ether oxygens (including phenoxy) is 1. The molecule has 1 atom stereocenters. The van der Waals surface area contributed by atoms with E-state index in [-0.39, 0.29) is 11.9 Å². The van der Waals surface area contributed by atoms with Gasteiger partial charge in [-0.25, -0.2) is 9.18 Å². The highest BCUT2D eigenvalue weighted by atomic mass is 19.1. The van der Waals surface area contributed by atoms with E-state index in [4.69, 9.17) is 14.8 Å². The Morgan fingerprint density at radius 2 is 2.14 bits per heavy atom. The minimum atomic E-state index is -0.481. The number of rotatable bonds is 4. The van der Waals surface area contributed by atoms with E-state index >= 15 is 0 Å². The third-order valence-electron chi connectivity index (χ3n) is 5.51. The average molecular weight is 398 g/mol. The summed E-state index contributed by atoms with van der Waals surface area (Å²) in [7, 11) is 0. The number of hydrogen-bond acceptors (Lipinski definition) is 6. The van der Waals surface area contributed by atoms with E-state index in [9.17, 15) is 9.18 Å². The van der Waals surface area contributed by atoms with Gasteiger partial charge in [-0.3, -0.25) is 14.8 Å². The Bertz CT molecular complexity index is 898. The number of nitriles is 1. The number of hydroxylamine groups is 2. The van der Waals surface area contributed by atoms with Crippen LogP contribution in [0.4, 0.5) is 20.6 Å². The SMILES string of the molecule is CC(C#N)=C1CCN(c2ccc(N3C[C@H](CN4C=CCO4)OC3=O)cc2F)CC1. The van der Waals surface area contributed by atoms with Gasteiger partial charge in [-0.1, -0.05) is 5.57 Å². The first-order valence-electron chi connectivity index (χ1n) is 9.72. The van der Waals surface area contributed by atoms with Gasteiger partial charge in [0.05, 0.1) is 37.1 Å². The second-order valence-electron chi connectivity index (χ2n) is 7.36. The molecular formula is C21H23FN4O3. The predicted molar refractivity (Wildman–Crippen MR) is 106 cm³/mol. The molecule has 0 radical (unpaired) electrons. The highest BCUT2D eigenvalue weighted by Gasteiger charge is 2.34. The molecule has 3 heterocycles. The van der Waals surface area contributed by atoms with Crippen LogP contribution in [0, 0.1) is 17.1 Å². The van der Waals surface area contributed by atoms with E-state index in [1.807, 2.05) is 24.1 Å². The zero-order chi connectivity index (χ0) is 20.4. The Morgan fingerprint density at radius 1 is 1.34 bits per heavy atom. The van der Waals surface area contributed by atoms with Crippen molar-refractivity contribution in [1.29, 1.82) is 5.26 Å². The normalized spacial score (nSPS) is 21.6. The Morgan fingerprint density at radius 3 is 2.79 bits per heavy atom. The van der Waals surface area contributed by atoms with E-state index in [0.717, 1.165) is 24.0 Å². The van der Waals surface area contributed by atoms with Crippen LogP contribution in [0.3, 0.4) is 0 Å². The second-order valence-corrected chi connectivity index (χ2v) is 7.36. The van der Waals surface area contributed by atoms with E-state index in [1.165, 1.54) is 11.0 Å². The fourth-order valence-corrected chi connectivity index (χ4v) is 3.88. The van der Waals surface area contributed by atoms with Crippen LogP contribution >= 0.6 is 0 Å². The predicted octanol–water partition coefficient (Wildman–Crippen LogP) is 3.35. The first kappa shape index (κ1) is 19.3. The Labute approximate surface area is 169 Å². The van der Waals surface area contributed by atoms with Crippen molar-refractivity contribution in [2.45, 2.75) is 25.9 Å². The highest BCUT2D eigenvalue weighted by molar-refractivity contribution is 5.90. The third kappa shape index (κ3) is 4.05. The van der Waals surface area contributed by atoms with E-state index in [0.29, 0.717) is 44.2 Å². The molecule has 3 aliphatic rings. The molecule has 4 rings (SSSR count). The summed E-state index contributed by atoms with van der Waals surface area (Å²) in [6, 6.07) is 7.04. The highest BCUT2D eigenvalue weighted by Crippen LogP contribution is 2.31. The fraction of sp³-hybridized carbons (Fsp3) is 0.429. The first-order valence-corrected chi connectivity index (χ1v) is 9.72. The maximum Gasteiger partial charge on any atom is 0.414 e. The Balaban J connectivity index is 1.42. The number of amides is 1. The summed E-state index contributed by atoms with van der Waals surface area (Å²) in [6.45, 7) is 4.46. The van der Waals surface area contributed by atoms with E-state index in [2.05, 4.69) is 6.07 Å². The lowest BCUT2D eigenvalue weighted by Gasteiger charge is -2.31. The molecule has 0 aromatic heterocycles. The molecule has 1 amide bonds. The van der Waals surface area contributed by atoms with Gasteiger partial charge >= 0.3 is 6.09 Å². The number of carbonyl (C=O) groups excluding carboxylic acids is 1. The number of carbonyl (C=O) groups is 1. The maximum absolute atomic E-state index is 14.8. The summed E-state index contributed by atoms with van der Waals surface area (Å²) in [6.07, 6.45) is 4.38. The number of nitrogens with zero attached hydrogens (tertiary/aromatic N) is 4. The molecule has 0 N–H and O–H groups in total. The molecule has 152 valence electrons. The molecule has 0 unspecified atom stereocenters. The zero-order valence-corrected chi connectivity index (χ0v) is 16.3. The summed E-state index contributed by atoms with van der Waals surface area (Å²) < 4.78 is 20.2. The van der Waals surface area contributed by atoms with Crippen molar-refractivity contribution in [2.75, 3.05) is 42.6 Å². The molecule has 3 aliphatic heterocycles. The molecule has 2 saturated heterocycles. The number of halogens is 1. The van der Waals surface area contributed by atoms with Crippen LogP contribution in [0.5, 0.6) is 0 Å². The molecule has 0 aliphatic carbocycles. The van der Waals surface area contributed by atoms with Crippen molar-refractivity contribution in [3.63, 3.8) is 0 Å². The van der Waals surface area contributed by atoms with E-state index in [1.54, 1.807) is 17.2 Å². The summed E-state index contributed by atoms with van der Waals surface area (Å²) in [5.41, 5.74) is 2.90. The third-order valence-corrected chi connectivity index (χ3v) is 5.51. The van der Waals surface area contributed by atoms with E-state index < -0.39 is 6.09 Å². The standard InChI is InChI=1S/C21H23FN4O3/c1-15(12-23)16-5-8-24(9-6-16)20-4-3-17(11-19(20)22)26-14-18(29-21(26)27)13-25-7-2-10-28-25/h2-4,7,11,18H,5-6,8-10,13-14H2,1H3/t18-/m0/s1. The van der Waals surface area contributed by atoms with Gasteiger partial charge in [0.1, 0.15) is 11.9 Å². The van der Waals surface area contributed by atoms with Gasteiger partial charge in [0.25, 0.3) is 0 Å². The van der Waals surface area contributed by atoms with Crippen LogP contribution in [0.2, 0.25) is 0 Å². The molecule has 0 spiro atoms. The first-order chi connectivity index (χ1) is 14.0. The molecule has 7 nitrogen and oxygen atoms in total. The van der Waals surface area contributed by atoms with Crippen LogP contribution in [0.15, 0.2) is 41.6 Å². The van der Waals surface area contributed by atoms with Gasteiger partial charge in [0.15, 0.2) is 0 Å². The average Bonchev–Trinajstić information content (AvgIpc) is 3.37. The number of allylic oxidation sites excluding steroid dienone is 1. The van der Waals surface area contributed by atoms with Gasteiger partial charge in [-0.2, -0.15) is 5.26 Å². The number of anilines is 2. The number of hydrogen-bond donors (Lipinski definition) is 0. The monoisotopic (exact) mass is 398 g/mol. The molecule has 1 aromatic carbocycles. The van der Waals surface area contributed by atoms with Crippen molar-refractivity contribution in [3.05, 3.63) is 47.4 Å². The summed E-state index contributed by atoms with van der Waals surface area (Å²) in [5.74, 6) is -0.367. The quantitative estimate of drug-likeness (QED) is 0.725. The van der Waals surface area contributed by atoms with Crippen molar-refractivity contribution < 1.29 is 18.8 Å². The largest absolute Gasteiger partial charge is 0.442 e. The molecule has 8 heteroatoms. The maximum atomic E-state index is 14.8. The number of cyclic esters (lactones) is 1. The lowest BCUT2D eigenvalue weighted by Crippen LogP contribution is -2.32. The van der Waals surface area contributed by atoms with Crippen LogP contribution in [-0.4, -0.2) is 50.0 Å². The molecular weight excluding hydrogens is 375 g/mol. The van der Waals surface area contributed by atoms with Crippen LogP contribution in [0.1, 0.15) is 19.8 Å². The molecule has 2 fully saturated rings. The zero-order valence-electron chi connectivity index (χ0n) is 16.3. The van der Waals surface area contributed by atoms with Gasteiger partial charge < -0.3 is 9.64 Å². The number of benzene rings is 1. The van der Waals surface area contributed by atoms with Gasteiger partial charge in [-0.05, 0) is 44.0 Å². The van der Waals surface area contributed by atoms with Crippen molar-refractivity contribution >= 4 is 17.5 Å². The summed E-state index contributed by atoms with van der Waals surface area (Å²) in [5, 5.41) is 10.7. The van der Waals surface area contributed by atoms with Gasteiger partial charge in [0.2, 0.25) is 0 Å². The van der Waals surface area contributed by atoms with Crippen LogP contribution < -0.4 is 9.80 Å². The second kappa shape index (κ2) is 8.13. The Hall–Kier alpha value is -3.05. The molecule has 0 bridgehead atoms. The minimum Gasteiger partial charge on any atom is -0.442 e. The summed E-state index contributed by atoms with van der Waals surface area (Å²) >= 11 is 0. The summed E-state index contributed by atoms with van der Waals surface area (Å²) in [4.78, 5) is 21.0. The molecule has 29 heavy (non-hydrogen) atoms. The molecule has 0 saturated carbocycles. The van der Waals surface area contributed by atoms with Gasteiger partial charge in [0, 0.05) is 24.9 Å². The minimum absolute atomic E-state index is 0.344. The van der Waals surface area contributed by atoms with Gasteiger partial charge in [-0.15, -0.1) is 0 Å². The fourth-order valence-electron chi connectivity index (χ4n) is 3.88. The molecule has 1 aromatic rings. The van der Waals surface area contributed by atoms with Crippen molar-refractivity contribution in [1.82, 2.24) is 5.06 Å².